The molecule has 1 rings (SSSR count). The minimum absolute atomic E-state index is 0.0631. The third-order valence-corrected chi connectivity index (χ3v) is 2.86. The van der Waals surface area contributed by atoms with E-state index in [0.29, 0.717) is 5.56 Å². The van der Waals surface area contributed by atoms with E-state index in [4.69, 9.17) is 15.2 Å². The van der Waals surface area contributed by atoms with Crippen LogP contribution in [0.1, 0.15) is 33.3 Å². The van der Waals surface area contributed by atoms with Crippen LogP contribution in [0.2, 0.25) is 0 Å². The van der Waals surface area contributed by atoms with Gasteiger partial charge in [-0.05, 0) is 17.4 Å². The molecule has 5 heteroatoms. The first kappa shape index (κ1) is 18.7. The Hall–Kier alpha value is -2.30. The fourth-order valence-electron chi connectivity index (χ4n) is 1.69. The maximum atomic E-state index is 12.3. The number of carbonyl (C=O) groups excluding carboxylic acids is 2. The maximum absolute atomic E-state index is 12.3. The van der Waals surface area contributed by atoms with Gasteiger partial charge in [-0.2, -0.15) is 0 Å². The van der Waals surface area contributed by atoms with E-state index >= 15 is 0 Å². The van der Waals surface area contributed by atoms with E-state index < -0.39 is 11.9 Å². The lowest BCUT2D eigenvalue weighted by molar-refractivity contribution is -0.148. The Morgan fingerprint density at radius 3 is 1.74 bits per heavy atom. The summed E-state index contributed by atoms with van der Waals surface area (Å²) in [6, 6.07) is 8.82. The highest BCUT2D eigenvalue weighted by Crippen LogP contribution is 2.17. The van der Waals surface area contributed by atoms with E-state index in [1.165, 1.54) is 0 Å². The average molecular weight is 319 g/mol. The minimum Gasteiger partial charge on any atom is -0.462 e. The Balaban J connectivity index is 3.10. The Bertz CT molecular complexity index is 536. The second kappa shape index (κ2) is 8.98. The quantitative estimate of drug-likeness (QED) is 0.362. The number of carbonyl (C=O) groups is 2. The number of hydrogen-bond acceptors (Lipinski definition) is 5. The Labute approximate surface area is 137 Å². The van der Waals surface area contributed by atoms with Gasteiger partial charge in [0.25, 0.3) is 0 Å². The normalized spacial score (nSPS) is 10.5. The molecule has 0 saturated heterocycles. The van der Waals surface area contributed by atoms with Crippen LogP contribution in [-0.2, 0) is 19.1 Å². The highest BCUT2D eigenvalue weighted by Gasteiger charge is 2.26. The summed E-state index contributed by atoms with van der Waals surface area (Å²) in [5.41, 5.74) is 6.42. The largest absolute Gasteiger partial charge is 0.462 e. The van der Waals surface area contributed by atoms with Gasteiger partial charge >= 0.3 is 11.9 Å². The molecule has 0 spiro atoms. The SMILES string of the molecule is CC(C)COC(=O)C(C(=O)OCC(C)C)=C(N)c1ccccc1. The smallest absolute Gasteiger partial charge is 0.347 e. The molecule has 0 saturated carbocycles. The van der Waals surface area contributed by atoms with Gasteiger partial charge in [0.15, 0.2) is 5.57 Å². The molecular formula is C18H25NO4. The van der Waals surface area contributed by atoms with Gasteiger partial charge < -0.3 is 15.2 Å². The molecule has 0 aliphatic rings. The third-order valence-electron chi connectivity index (χ3n) is 2.86. The van der Waals surface area contributed by atoms with E-state index in [0.717, 1.165) is 0 Å². The lowest BCUT2D eigenvalue weighted by Crippen LogP contribution is -2.24. The van der Waals surface area contributed by atoms with Crippen LogP contribution in [0, 0.1) is 11.8 Å². The van der Waals surface area contributed by atoms with Crippen LogP contribution >= 0.6 is 0 Å². The van der Waals surface area contributed by atoms with Gasteiger partial charge in [0.1, 0.15) is 0 Å². The molecule has 0 atom stereocenters. The highest BCUT2D eigenvalue weighted by atomic mass is 16.6. The summed E-state index contributed by atoms with van der Waals surface area (Å²) < 4.78 is 10.3. The molecule has 0 amide bonds. The first-order chi connectivity index (χ1) is 10.8. The molecule has 5 nitrogen and oxygen atoms in total. The van der Waals surface area contributed by atoms with Crippen molar-refractivity contribution in [3.05, 3.63) is 41.5 Å². The first-order valence-corrected chi connectivity index (χ1v) is 7.72. The van der Waals surface area contributed by atoms with Crippen LogP contribution in [0.25, 0.3) is 5.70 Å². The van der Waals surface area contributed by atoms with Crippen molar-refractivity contribution >= 4 is 17.6 Å². The molecule has 0 aliphatic carbocycles. The lowest BCUT2D eigenvalue weighted by Gasteiger charge is -2.14. The fourth-order valence-corrected chi connectivity index (χ4v) is 1.69. The average Bonchev–Trinajstić information content (AvgIpc) is 2.51. The number of hydrogen-bond donors (Lipinski definition) is 1. The second-order valence-electron chi connectivity index (χ2n) is 6.14. The van der Waals surface area contributed by atoms with Crippen molar-refractivity contribution in [1.82, 2.24) is 0 Å². The number of esters is 2. The number of nitrogens with two attached hydrogens (primary N) is 1. The standard InChI is InChI=1S/C18H25NO4/c1-12(2)10-22-17(20)15(18(21)23-11-13(3)4)16(19)14-8-6-5-7-9-14/h5-9,12-13H,10-11,19H2,1-4H3. The Morgan fingerprint density at radius 1 is 0.913 bits per heavy atom. The molecule has 126 valence electrons. The van der Waals surface area contributed by atoms with Gasteiger partial charge in [-0.3, -0.25) is 0 Å². The molecule has 0 bridgehead atoms. The summed E-state index contributed by atoms with van der Waals surface area (Å²) in [5, 5.41) is 0. The van der Waals surface area contributed by atoms with E-state index in [2.05, 4.69) is 0 Å². The Morgan fingerprint density at radius 2 is 1.35 bits per heavy atom. The van der Waals surface area contributed by atoms with Gasteiger partial charge in [0.05, 0.1) is 18.9 Å². The predicted molar refractivity (Wildman–Crippen MR) is 89.1 cm³/mol. The maximum Gasteiger partial charge on any atom is 0.347 e. The molecule has 23 heavy (non-hydrogen) atoms. The van der Waals surface area contributed by atoms with Crippen molar-refractivity contribution in [2.45, 2.75) is 27.7 Å². The number of ether oxygens (including phenoxy) is 2. The second-order valence-corrected chi connectivity index (χ2v) is 6.14. The summed E-state index contributed by atoms with van der Waals surface area (Å²) in [4.78, 5) is 24.6. The highest BCUT2D eigenvalue weighted by molar-refractivity contribution is 6.19. The Kier molecular flexibility index (Phi) is 7.32. The fraction of sp³-hybridized carbons (Fsp3) is 0.444. The summed E-state index contributed by atoms with van der Waals surface area (Å²) in [7, 11) is 0. The van der Waals surface area contributed by atoms with E-state index in [9.17, 15) is 9.59 Å². The molecule has 0 aromatic heterocycles. The van der Waals surface area contributed by atoms with Crippen molar-refractivity contribution < 1.29 is 19.1 Å². The molecule has 1 aromatic rings. The van der Waals surface area contributed by atoms with Gasteiger partial charge in [-0.25, -0.2) is 9.59 Å². The van der Waals surface area contributed by atoms with Crippen molar-refractivity contribution in [3.8, 4) is 0 Å². The molecular weight excluding hydrogens is 294 g/mol. The van der Waals surface area contributed by atoms with Crippen LogP contribution in [0.5, 0.6) is 0 Å². The summed E-state index contributed by atoms with van der Waals surface area (Å²) in [6.07, 6.45) is 0. The zero-order chi connectivity index (χ0) is 17.4. The van der Waals surface area contributed by atoms with Crippen LogP contribution in [0.3, 0.4) is 0 Å². The molecule has 0 fully saturated rings. The van der Waals surface area contributed by atoms with Gasteiger partial charge in [0, 0.05) is 0 Å². The van der Waals surface area contributed by atoms with Gasteiger partial charge in [0.2, 0.25) is 0 Å². The molecule has 0 radical (unpaired) electrons. The van der Waals surface area contributed by atoms with E-state index in [-0.39, 0.29) is 36.3 Å². The van der Waals surface area contributed by atoms with Gasteiger partial charge in [-0.15, -0.1) is 0 Å². The van der Waals surface area contributed by atoms with Crippen molar-refractivity contribution in [1.29, 1.82) is 0 Å². The minimum atomic E-state index is -0.756. The number of rotatable bonds is 7. The molecule has 0 aliphatic heterocycles. The first-order valence-electron chi connectivity index (χ1n) is 7.72. The van der Waals surface area contributed by atoms with E-state index in [1.54, 1.807) is 24.3 Å². The zero-order valence-corrected chi connectivity index (χ0v) is 14.2. The summed E-state index contributed by atoms with van der Waals surface area (Å²) in [5.74, 6) is -1.20. The van der Waals surface area contributed by atoms with Crippen molar-refractivity contribution in [2.24, 2.45) is 17.6 Å². The lowest BCUT2D eigenvalue weighted by atomic mass is 10.1. The van der Waals surface area contributed by atoms with Crippen molar-refractivity contribution in [2.75, 3.05) is 13.2 Å². The van der Waals surface area contributed by atoms with Crippen LogP contribution in [-0.4, -0.2) is 25.2 Å². The molecule has 0 unspecified atom stereocenters. The molecule has 2 N–H and O–H groups in total. The summed E-state index contributed by atoms with van der Waals surface area (Å²) >= 11 is 0. The third kappa shape index (κ3) is 6.14. The monoisotopic (exact) mass is 319 g/mol. The molecule has 0 heterocycles. The predicted octanol–water partition coefficient (Wildman–Crippen LogP) is 2.75. The topological polar surface area (TPSA) is 78.6 Å². The molecule has 1 aromatic carbocycles. The summed E-state index contributed by atoms with van der Waals surface area (Å²) in [6.45, 7) is 8.06. The van der Waals surface area contributed by atoms with Crippen LogP contribution in [0.4, 0.5) is 0 Å². The zero-order valence-electron chi connectivity index (χ0n) is 14.2. The van der Waals surface area contributed by atoms with E-state index in [1.807, 2.05) is 33.8 Å². The van der Waals surface area contributed by atoms with Gasteiger partial charge in [-0.1, -0.05) is 58.0 Å². The van der Waals surface area contributed by atoms with Crippen LogP contribution in [0.15, 0.2) is 35.9 Å². The van der Waals surface area contributed by atoms with Crippen LogP contribution < -0.4 is 5.73 Å². The van der Waals surface area contributed by atoms with Crippen molar-refractivity contribution in [3.63, 3.8) is 0 Å². The number of benzene rings is 1.